The van der Waals surface area contributed by atoms with Crippen LogP contribution in [0.15, 0.2) is 67.0 Å². The van der Waals surface area contributed by atoms with E-state index in [1.54, 1.807) is 12.4 Å². The summed E-state index contributed by atoms with van der Waals surface area (Å²) < 4.78 is 0. The van der Waals surface area contributed by atoms with Gasteiger partial charge in [0, 0.05) is 5.39 Å². The minimum Gasteiger partial charge on any atom is -0.507 e. The van der Waals surface area contributed by atoms with Crippen LogP contribution in [0.1, 0.15) is 0 Å². The number of nitrogens with zero attached hydrogens (tertiary/aromatic N) is 2. The number of hydrogen-bond donors (Lipinski definition) is 1. The Hall–Kier alpha value is -2.94. The zero-order valence-electron chi connectivity index (χ0n) is 11.2. The average Bonchev–Trinajstić information content (AvgIpc) is 2.54. The van der Waals surface area contributed by atoms with Crippen LogP contribution in [0.3, 0.4) is 0 Å². The normalized spacial score (nSPS) is 11.0. The summed E-state index contributed by atoms with van der Waals surface area (Å²) in [6, 6.07) is 19.4. The summed E-state index contributed by atoms with van der Waals surface area (Å²) in [4.78, 5) is 8.70. The van der Waals surface area contributed by atoms with E-state index in [0.29, 0.717) is 0 Å². The maximum absolute atomic E-state index is 10.4. The number of hydrogen-bond acceptors (Lipinski definition) is 3. The highest BCUT2D eigenvalue weighted by atomic mass is 16.3. The number of phenolic OH excluding ortho intramolecular Hbond substituents is 1. The minimum absolute atomic E-state index is 0.234. The molecule has 0 aliphatic heterocycles. The summed E-state index contributed by atoms with van der Waals surface area (Å²) >= 11 is 0. The molecule has 0 radical (unpaired) electrons. The fourth-order valence-corrected chi connectivity index (χ4v) is 2.71. The first kappa shape index (κ1) is 11.9. The number of phenols is 1. The zero-order chi connectivity index (χ0) is 14.2. The molecule has 0 saturated heterocycles. The van der Waals surface area contributed by atoms with Gasteiger partial charge < -0.3 is 5.11 Å². The van der Waals surface area contributed by atoms with E-state index in [2.05, 4.69) is 9.97 Å². The highest BCUT2D eigenvalue weighted by Gasteiger charge is 2.13. The van der Waals surface area contributed by atoms with E-state index in [1.807, 2.05) is 54.6 Å². The second-order valence-electron chi connectivity index (χ2n) is 4.92. The van der Waals surface area contributed by atoms with Crippen molar-refractivity contribution >= 4 is 21.7 Å². The number of benzene rings is 3. The van der Waals surface area contributed by atoms with Crippen LogP contribution in [0, 0.1) is 0 Å². The quantitative estimate of drug-likeness (QED) is 0.566. The Morgan fingerprint density at radius 3 is 2.38 bits per heavy atom. The van der Waals surface area contributed by atoms with Gasteiger partial charge in [-0.1, -0.05) is 48.5 Å². The van der Waals surface area contributed by atoms with Crippen LogP contribution >= 0.6 is 0 Å². The van der Waals surface area contributed by atoms with Gasteiger partial charge in [0.2, 0.25) is 0 Å². The Morgan fingerprint density at radius 2 is 1.48 bits per heavy atom. The molecule has 0 fully saturated rings. The molecule has 1 heterocycles. The van der Waals surface area contributed by atoms with Crippen LogP contribution in [0.25, 0.3) is 32.9 Å². The van der Waals surface area contributed by atoms with Gasteiger partial charge in [-0.05, 0) is 22.9 Å². The fourth-order valence-electron chi connectivity index (χ4n) is 2.71. The maximum atomic E-state index is 10.4. The van der Waals surface area contributed by atoms with Crippen molar-refractivity contribution < 1.29 is 5.11 Å². The van der Waals surface area contributed by atoms with E-state index in [4.69, 9.17) is 0 Å². The molecule has 0 spiro atoms. The first-order chi connectivity index (χ1) is 10.3. The van der Waals surface area contributed by atoms with Gasteiger partial charge in [-0.2, -0.15) is 0 Å². The molecule has 3 nitrogen and oxygen atoms in total. The lowest BCUT2D eigenvalue weighted by molar-refractivity contribution is 0.478. The molecule has 0 aliphatic carbocycles. The number of para-hydroxylation sites is 1. The van der Waals surface area contributed by atoms with Gasteiger partial charge in [0.15, 0.2) is 0 Å². The molecular formula is C18H12N2O. The van der Waals surface area contributed by atoms with Crippen molar-refractivity contribution in [1.82, 2.24) is 9.97 Å². The van der Waals surface area contributed by atoms with Crippen molar-refractivity contribution in [3.05, 3.63) is 67.0 Å². The van der Waals surface area contributed by atoms with Gasteiger partial charge in [0.1, 0.15) is 12.1 Å². The first-order valence-electron chi connectivity index (χ1n) is 6.75. The van der Waals surface area contributed by atoms with Gasteiger partial charge in [0.05, 0.1) is 16.8 Å². The van der Waals surface area contributed by atoms with Crippen molar-refractivity contribution in [1.29, 1.82) is 0 Å². The number of aromatic nitrogens is 2. The summed E-state index contributed by atoms with van der Waals surface area (Å²) in [7, 11) is 0. The highest BCUT2D eigenvalue weighted by Crippen LogP contribution is 2.37. The SMILES string of the molecule is Oc1ccc2ccccc2c1-c1ncnc2ccccc12. The Balaban J connectivity index is 2.16. The number of fused-ring (bicyclic) bond motifs is 2. The molecule has 0 saturated carbocycles. The maximum Gasteiger partial charge on any atom is 0.125 e. The van der Waals surface area contributed by atoms with E-state index in [9.17, 15) is 5.11 Å². The van der Waals surface area contributed by atoms with Gasteiger partial charge in [-0.15, -0.1) is 0 Å². The molecule has 21 heavy (non-hydrogen) atoms. The topological polar surface area (TPSA) is 46.0 Å². The lowest BCUT2D eigenvalue weighted by atomic mass is 9.98. The number of rotatable bonds is 1. The molecule has 1 aromatic heterocycles. The third-order valence-electron chi connectivity index (χ3n) is 3.69. The first-order valence-corrected chi connectivity index (χ1v) is 6.75. The predicted molar refractivity (Wildman–Crippen MR) is 84.1 cm³/mol. The zero-order valence-corrected chi connectivity index (χ0v) is 11.2. The summed E-state index contributed by atoms with van der Waals surface area (Å²) in [6.45, 7) is 0. The Kier molecular flexibility index (Phi) is 2.57. The van der Waals surface area contributed by atoms with Crippen LogP contribution in [0.2, 0.25) is 0 Å². The molecule has 1 N–H and O–H groups in total. The van der Waals surface area contributed by atoms with Crippen LogP contribution < -0.4 is 0 Å². The third kappa shape index (κ3) is 1.82. The standard InChI is InChI=1S/C18H12N2O/c21-16-10-9-12-5-1-2-6-13(12)17(16)18-14-7-3-4-8-15(14)19-11-20-18/h1-11,21H. The Morgan fingerprint density at radius 1 is 0.714 bits per heavy atom. The largest absolute Gasteiger partial charge is 0.507 e. The van der Waals surface area contributed by atoms with Gasteiger partial charge in [-0.3, -0.25) is 0 Å². The van der Waals surface area contributed by atoms with E-state index in [0.717, 1.165) is 32.9 Å². The smallest absolute Gasteiger partial charge is 0.125 e. The van der Waals surface area contributed by atoms with E-state index in [1.165, 1.54) is 0 Å². The van der Waals surface area contributed by atoms with E-state index >= 15 is 0 Å². The van der Waals surface area contributed by atoms with Crippen molar-refractivity contribution in [2.75, 3.05) is 0 Å². The van der Waals surface area contributed by atoms with Crippen LogP contribution in [-0.4, -0.2) is 15.1 Å². The van der Waals surface area contributed by atoms with Gasteiger partial charge in [0.25, 0.3) is 0 Å². The monoisotopic (exact) mass is 272 g/mol. The van der Waals surface area contributed by atoms with Crippen molar-refractivity contribution in [3.8, 4) is 17.0 Å². The molecule has 0 unspecified atom stereocenters. The molecule has 3 heteroatoms. The Bertz CT molecular complexity index is 958. The average molecular weight is 272 g/mol. The third-order valence-corrected chi connectivity index (χ3v) is 3.69. The molecule has 0 aliphatic rings. The minimum atomic E-state index is 0.234. The van der Waals surface area contributed by atoms with Crippen molar-refractivity contribution in [3.63, 3.8) is 0 Å². The lowest BCUT2D eigenvalue weighted by Gasteiger charge is -2.10. The fraction of sp³-hybridized carbons (Fsp3) is 0. The summed E-state index contributed by atoms with van der Waals surface area (Å²) in [6.07, 6.45) is 1.54. The summed E-state index contributed by atoms with van der Waals surface area (Å²) in [5.41, 5.74) is 2.39. The molecule has 0 atom stereocenters. The molecule has 0 amide bonds. The molecule has 4 rings (SSSR count). The summed E-state index contributed by atoms with van der Waals surface area (Å²) in [5.74, 6) is 0.234. The molecule has 3 aromatic carbocycles. The van der Waals surface area contributed by atoms with Crippen LogP contribution in [0.5, 0.6) is 5.75 Å². The van der Waals surface area contributed by atoms with Crippen molar-refractivity contribution in [2.24, 2.45) is 0 Å². The lowest BCUT2D eigenvalue weighted by Crippen LogP contribution is -1.90. The second-order valence-corrected chi connectivity index (χ2v) is 4.92. The van der Waals surface area contributed by atoms with Crippen LogP contribution in [-0.2, 0) is 0 Å². The predicted octanol–water partition coefficient (Wildman–Crippen LogP) is 4.16. The molecule has 100 valence electrons. The second kappa shape index (κ2) is 4.56. The molecule has 4 aromatic rings. The van der Waals surface area contributed by atoms with Gasteiger partial charge >= 0.3 is 0 Å². The number of aromatic hydroxyl groups is 1. The van der Waals surface area contributed by atoms with Crippen molar-refractivity contribution in [2.45, 2.75) is 0 Å². The Labute approximate surface area is 121 Å². The highest BCUT2D eigenvalue weighted by molar-refractivity contribution is 6.05. The summed E-state index contributed by atoms with van der Waals surface area (Å²) in [5, 5.41) is 13.4. The molecule has 0 bridgehead atoms. The molecular weight excluding hydrogens is 260 g/mol. The van der Waals surface area contributed by atoms with Gasteiger partial charge in [-0.25, -0.2) is 9.97 Å². The van der Waals surface area contributed by atoms with E-state index < -0.39 is 0 Å². The van der Waals surface area contributed by atoms with Crippen LogP contribution in [0.4, 0.5) is 0 Å². The van der Waals surface area contributed by atoms with E-state index in [-0.39, 0.29) is 5.75 Å².